The SMILES string of the molecule is CC[C@@H](C)[C@@H](C)Nc1cccc(F)n1. The van der Waals surface area contributed by atoms with Gasteiger partial charge in [0.05, 0.1) is 0 Å². The lowest BCUT2D eigenvalue weighted by Crippen LogP contribution is -2.23. The summed E-state index contributed by atoms with van der Waals surface area (Å²) in [6.45, 7) is 6.39. The molecule has 2 atom stereocenters. The molecule has 78 valence electrons. The highest BCUT2D eigenvalue weighted by Gasteiger charge is 2.10. The summed E-state index contributed by atoms with van der Waals surface area (Å²) in [7, 11) is 0. The van der Waals surface area contributed by atoms with Crippen molar-refractivity contribution in [2.24, 2.45) is 5.92 Å². The first-order valence-corrected chi connectivity index (χ1v) is 5.02. The third kappa shape index (κ3) is 2.98. The van der Waals surface area contributed by atoms with Crippen LogP contribution in [0.2, 0.25) is 0 Å². The van der Waals surface area contributed by atoms with E-state index in [9.17, 15) is 4.39 Å². The molecule has 0 unspecified atom stereocenters. The average Bonchev–Trinajstić information content (AvgIpc) is 2.16. The predicted molar refractivity (Wildman–Crippen MR) is 56.7 cm³/mol. The Balaban J connectivity index is 2.60. The third-order valence-corrected chi connectivity index (χ3v) is 2.59. The molecule has 3 heteroatoms. The molecule has 0 spiro atoms. The number of rotatable bonds is 4. The smallest absolute Gasteiger partial charge is 0.214 e. The molecule has 0 amide bonds. The lowest BCUT2D eigenvalue weighted by molar-refractivity contribution is 0.492. The van der Waals surface area contributed by atoms with Crippen LogP contribution in [-0.2, 0) is 0 Å². The van der Waals surface area contributed by atoms with Gasteiger partial charge in [-0.3, -0.25) is 0 Å². The van der Waals surface area contributed by atoms with Crippen LogP contribution in [-0.4, -0.2) is 11.0 Å². The minimum absolute atomic E-state index is 0.314. The summed E-state index contributed by atoms with van der Waals surface area (Å²) in [5.74, 6) is 0.726. The maximum Gasteiger partial charge on any atom is 0.214 e. The number of anilines is 1. The van der Waals surface area contributed by atoms with Crippen LogP contribution in [0.1, 0.15) is 27.2 Å². The average molecular weight is 196 g/mol. The number of nitrogens with one attached hydrogen (secondary N) is 1. The van der Waals surface area contributed by atoms with Gasteiger partial charge in [0, 0.05) is 6.04 Å². The van der Waals surface area contributed by atoms with Crippen molar-refractivity contribution in [1.82, 2.24) is 4.98 Å². The summed E-state index contributed by atoms with van der Waals surface area (Å²) in [6, 6.07) is 5.10. The highest BCUT2D eigenvalue weighted by Crippen LogP contribution is 2.12. The molecular weight excluding hydrogens is 179 g/mol. The molecule has 0 saturated carbocycles. The predicted octanol–water partition coefficient (Wildman–Crippen LogP) is 3.07. The van der Waals surface area contributed by atoms with Gasteiger partial charge in [-0.05, 0) is 25.0 Å². The minimum atomic E-state index is -0.439. The highest BCUT2D eigenvalue weighted by molar-refractivity contribution is 5.34. The van der Waals surface area contributed by atoms with Gasteiger partial charge in [-0.25, -0.2) is 4.98 Å². The fraction of sp³-hybridized carbons (Fsp3) is 0.545. The lowest BCUT2D eigenvalue weighted by atomic mass is 10.0. The van der Waals surface area contributed by atoms with Gasteiger partial charge in [0.25, 0.3) is 0 Å². The summed E-state index contributed by atoms with van der Waals surface area (Å²) in [6.07, 6.45) is 1.10. The Kier molecular flexibility index (Phi) is 3.86. The first kappa shape index (κ1) is 11.0. The molecule has 1 aromatic rings. The topological polar surface area (TPSA) is 24.9 Å². The van der Waals surface area contributed by atoms with Crippen molar-refractivity contribution in [2.75, 3.05) is 5.32 Å². The van der Waals surface area contributed by atoms with Crippen LogP contribution in [0.25, 0.3) is 0 Å². The number of aromatic nitrogens is 1. The van der Waals surface area contributed by atoms with Crippen LogP contribution in [0.3, 0.4) is 0 Å². The normalized spacial score (nSPS) is 14.9. The quantitative estimate of drug-likeness (QED) is 0.748. The number of nitrogens with zero attached hydrogens (tertiary/aromatic N) is 1. The van der Waals surface area contributed by atoms with Crippen LogP contribution in [0, 0.1) is 11.9 Å². The van der Waals surface area contributed by atoms with Gasteiger partial charge in [0.15, 0.2) is 0 Å². The molecule has 0 fully saturated rings. The van der Waals surface area contributed by atoms with Gasteiger partial charge >= 0.3 is 0 Å². The van der Waals surface area contributed by atoms with Crippen LogP contribution >= 0.6 is 0 Å². The minimum Gasteiger partial charge on any atom is -0.367 e. The van der Waals surface area contributed by atoms with E-state index in [0.717, 1.165) is 6.42 Å². The standard InChI is InChI=1S/C11H17FN2/c1-4-8(2)9(3)13-11-7-5-6-10(12)14-11/h5-9H,4H2,1-3H3,(H,13,14)/t8-,9-/m1/s1. The van der Waals surface area contributed by atoms with Crippen LogP contribution in [0.5, 0.6) is 0 Å². The number of pyridine rings is 1. The zero-order valence-corrected chi connectivity index (χ0v) is 8.92. The summed E-state index contributed by atoms with van der Waals surface area (Å²) in [5.41, 5.74) is 0. The summed E-state index contributed by atoms with van der Waals surface area (Å²) in [5, 5.41) is 3.18. The van der Waals surface area contributed by atoms with Crippen LogP contribution in [0.4, 0.5) is 10.2 Å². The van der Waals surface area contributed by atoms with E-state index in [1.54, 1.807) is 12.1 Å². The van der Waals surface area contributed by atoms with Crippen LogP contribution in [0.15, 0.2) is 18.2 Å². The second-order valence-electron chi connectivity index (χ2n) is 3.66. The monoisotopic (exact) mass is 196 g/mol. The van der Waals surface area contributed by atoms with E-state index >= 15 is 0 Å². The molecule has 0 aliphatic rings. The first-order chi connectivity index (χ1) is 6.63. The molecular formula is C11H17FN2. The fourth-order valence-electron chi connectivity index (χ4n) is 1.22. The second kappa shape index (κ2) is 4.94. The molecule has 0 aromatic carbocycles. The van der Waals surface area contributed by atoms with Crippen molar-refractivity contribution >= 4 is 5.82 Å². The van der Waals surface area contributed by atoms with Crippen LogP contribution < -0.4 is 5.32 Å². The summed E-state index contributed by atoms with van der Waals surface area (Å²) < 4.78 is 12.7. The Bertz CT molecular complexity index is 288. The summed E-state index contributed by atoms with van der Waals surface area (Å²) in [4.78, 5) is 3.75. The Hall–Kier alpha value is -1.12. The molecule has 0 bridgehead atoms. The van der Waals surface area contributed by atoms with Crippen molar-refractivity contribution in [3.05, 3.63) is 24.1 Å². The van der Waals surface area contributed by atoms with E-state index in [0.29, 0.717) is 17.8 Å². The van der Waals surface area contributed by atoms with Crippen molar-refractivity contribution in [1.29, 1.82) is 0 Å². The van der Waals surface area contributed by atoms with E-state index < -0.39 is 5.95 Å². The second-order valence-corrected chi connectivity index (χ2v) is 3.66. The molecule has 1 heterocycles. The van der Waals surface area contributed by atoms with Gasteiger partial charge < -0.3 is 5.32 Å². The zero-order chi connectivity index (χ0) is 10.6. The van der Waals surface area contributed by atoms with Crippen molar-refractivity contribution in [2.45, 2.75) is 33.2 Å². The maximum atomic E-state index is 12.7. The molecule has 14 heavy (non-hydrogen) atoms. The molecule has 0 radical (unpaired) electrons. The molecule has 2 nitrogen and oxygen atoms in total. The Labute approximate surface area is 84.6 Å². The largest absolute Gasteiger partial charge is 0.367 e. The fourth-order valence-corrected chi connectivity index (χ4v) is 1.22. The Morgan fingerprint density at radius 1 is 1.43 bits per heavy atom. The van der Waals surface area contributed by atoms with Crippen molar-refractivity contribution < 1.29 is 4.39 Å². The number of hydrogen-bond acceptors (Lipinski definition) is 2. The Morgan fingerprint density at radius 3 is 2.71 bits per heavy atom. The zero-order valence-electron chi connectivity index (χ0n) is 8.92. The molecule has 1 rings (SSSR count). The van der Waals surface area contributed by atoms with E-state index in [1.807, 2.05) is 0 Å². The van der Waals surface area contributed by atoms with Crippen molar-refractivity contribution in [3.63, 3.8) is 0 Å². The van der Waals surface area contributed by atoms with Gasteiger partial charge in [-0.1, -0.05) is 26.3 Å². The molecule has 0 aliphatic carbocycles. The summed E-state index contributed by atoms with van der Waals surface area (Å²) >= 11 is 0. The highest BCUT2D eigenvalue weighted by atomic mass is 19.1. The van der Waals surface area contributed by atoms with Gasteiger partial charge in [0.1, 0.15) is 5.82 Å². The molecule has 1 N–H and O–H groups in total. The van der Waals surface area contributed by atoms with Crippen molar-refractivity contribution in [3.8, 4) is 0 Å². The van der Waals surface area contributed by atoms with E-state index in [1.165, 1.54) is 6.07 Å². The lowest BCUT2D eigenvalue weighted by Gasteiger charge is -2.20. The third-order valence-electron chi connectivity index (χ3n) is 2.59. The first-order valence-electron chi connectivity index (χ1n) is 5.02. The molecule has 1 aromatic heterocycles. The maximum absolute atomic E-state index is 12.7. The van der Waals surface area contributed by atoms with Gasteiger partial charge in [0.2, 0.25) is 5.95 Å². The molecule has 0 aliphatic heterocycles. The molecule has 0 saturated heterocycles. The number of halogens is 1. The van der Waals surface area contributed by atoms with E-state index in [-0.39, 0.29) is 0 Å². The van der Waals surface area contributed by atoms with E-state index in [4.69, 9.17) is 0 Å². The van der Waals surface area contributed by atoms with Gasteiger partial charge in [-0.2, -0.15) is 4.39 Å². The van der Waals surface area contributed by atoms with E-state index in [2.05, 4.69) is 31.1 Å². The van der Waals surface area contributed by atoms with Gasteiger partial charge in [-0.15, -0.1) is 0 Å². The number of hydrogen-bond donors (Lipinski definition) is 1. The Morgan fingerprint density at radius 2 is 2.14 bits per heavy atom.